The van der Waals surface area contributed by atoms with Gasteiger partial charge in [-0.15, -0.1) is 0 Å². The molecule has 0 bridgehead atoms. The van der Waals surface area contributed by atoms with E-state index >= 15 is 0 Å². The van der Waals surface area contributed by atoms with Crippen molar-refractivity contribution >= 4 is 9.84 Å². The molecule has 1 atom stereocenters. The predicted molar refractivity (Wildman–Crippen MR) is 82.8 cm³/mol. The van der Waals surface area contributed by atoms with Crippen LogP contribution in [0.5, 0.6) is 5.75 Å². The first-order valence-corrected chi connectivity index (χ1v) is 8.87. The Morgan fingerprint density at radius 1 is 1.30 bits per heavy atom. The zero-order valence-corrected chi connectivity index (χ0v) is 13.2. The van der Waals surface area contributed by atoms with Crippen LogP contribution in [0.25, 0.3) is 0 Å². The van der Waals surface area contributed by atoms with E-state index in [9.17, 15) is 8.42 Å². The van der Waals surface area contributed by atoms with E-state index in [1.165, 1.54) is 0 Å². The molecular weight excluding hydrogens is 274 g/mol. The molecule has 0 aliphatic heterocycles. The molecule has 20 heavy (non-hydrogen) atoms. The Morgan fingerprint density at radius 3 is 2.60 bits per heavy atom. The van der Waals surface area contributed by atoms with Crippen LogP contribution >= 0.6 is 0 Å². The first-order chi connectivity index (χ1) is 9.52. The van der Waals surface area contributed by atoms with Crippen molar-refractivity contribution in [1.29, 1.82) is 0 Å². The molecule has 0 spiro atoms. The summed E-state index contributed by atoms with van der Waals surface area (Å²) in [7, 11) is -1.22. The van der Waals surface area contributed by atoms with Crippen molar-refractivity contribution in [2.24, 2.45) is 11.7 Å². The fraction of sp³-hybridized carbons (Fsp3) is 0.600. The Balaban J connectivity index is 2.55. The van der Waals surface area contributed by atoms with E-state index < -0.39 is 9.84 Å². The molecule has 5 heteroatoms. The standard InChI is InChI=1S/C15H25NO3S/c1-3-20(17,18)10-6-7-13(12-16)11-14-8-4-5-9-15(14)19-2/h4-5,8-9,13H,3,6-7,10-12,16H2,1-2H3. The molecule has 0 saturated carbocycles. The topological polar surface area (TPSA) is 69.4 Å². The van der Waals surface area contributed by atoms with Crippen LogP contribution in [0, 0.1) is 5.92 Å². The summed E-state index contributed by atoms with van der Waals surface area (Å²) in [5.74, 6) is 1.63. The second-order valence-corrected chi connectivity index (χ2v) is 7.47. The van der Waals surface area contributed by atoms with Crippen LogP contribution in [0.15, 0.2) is 24.3 Å². The van der Waals surface area contributed by atoms with Crippen molar-refractivity contribution in [1.82, 2.24) is 0 Å². The van der Waals surface area contributed by atoms with Gasteiger partial charge in [0.1, 0.15) is 15.6 Å². The minimum Gasteiger partial charge on any atom is -0.496 e. The first-order valence-electron chi connectivity index (χ1n) is 7.04. The SMILES string of the molecule is CCS(=O)(=O)CCCC(CN)Cc1ccccc1OC. The quantitative estimate of drug-likeness (QED) is 0.757. The van der Waals surface area contributed by atoms with Crippen LogP contribution < -0.4 is 10.5 Å². The van der Waals surface area contributed by atoms with Crippen molar-refractivity contribution < 1.29 is 13.2 Å². The molecular formula is C15H25NO3S. The Hall–Kier alpha value is -1.07. The molecule has 0 saturated heterocycles. The molecule has 0 heterocycles. The van der Waals surface area contributed by atoms with Crippen LogP contribution in [-0.2, 0) is 16.3 Å². The zero-order valence-electron chi connectivity index (χ0n) is 12.3. The molecule has 1 aromatic rings. The van der Waals surface area contributed by atoms with E-state index in [2.05, 4.69) is 0 Å². The van der Waals surface area contributed by atoms with E-state index in [4.69, 9.17) is 10.5 Å². The van der Waals surface area contributed by atoms with Gasteiger partial charge in [-0.05, 0) is 43.4 Å². The molecule has 2 N–H and O–H groups in total. The number of hydrogen-bond donors (Lipinski definition) is 1. The monoisotopic (exact) mass is 299 g/mol. The third-order valence-electron chi connectivity index (χ3n) is 3.54. The molecule has 114 valence electrons. The summed E-state index contributed by atoms with van der Waals surface area (Å²) >= 11 is 0. The number of nitrogens with two attached hydrogens (primary N) is 1. The molecule has 0 aromatic heterocycles. The molecule has 1 rings (SSSR count). The minimum absolute atomic E-state index is 0.215. The average Bonchev–Trinajstić information content (AvgIpc) is 2.46. The predicted octanol–water partition coefficient (Wildman–Crippen LogP) is 2.03. The molecule has 1 unspecified atom stereocenters. The number of hydrogen-bond acceptors (Lipinski definition) is 4. The minimum atomic E-state index is -2.87. The van der Waals surface area contributed by atoms with Gasteiger partial charge in [-0.3, -0.25) is 0 Å². The van der Waals surface area contributed by atoms with E-state index in [1.807, 2.05) is 24.3 Å². The van der Waals surface area contributed by atoms with Crippen LogP contribution in [-0.4, -0.2) is 33.6 Å². The van der Waals surface area contributed by atoms with Crippen molar-refractivity contribution in [3.05, 3.63) is 29.8 Å². The highest BCUT2D eigenvalue weighted by Crippen LogP contribution is 2.22. The van der Waals surface area contributed by atoms with E-state index in [0.29, 0.717) is 18.9 Å². The second-order valence-electron chi connectivity index (χ2n) is 5.00. The van der Waals surface area contributed by atoms with Gasteiger partial charge < -0.3 is 10.5 Å². The van der Waals surface area contributed by atoms with Crippen molar-refractivity contribution in [3.8, 4) is 5.75 Å². The van der Waals surface area contributed by atoms with Crippen LogP contribution in [0.2, 0.25) is 0 Å². The maximum absolute atomic E-state index is 11.5. The largest absolute Gasteiger partial charge is 0.496 e. The van der Waals surface area contributed by atoms with Crippen LogP contribution in [0.3, 0.4) is 0 Å². The molecule has 1 aromatic carbocycles. The van der Waals surface area contributed by atoms with E-state index in [1.54, 1.807) is 14.0 Å². The maximum atomic E-state index is 11.5. The smallest absolute Gasteiger partial charge is 0.150 e. The highest BCUT2D eigenvalue weighted by atomic mass is 32.2. The normalized spacial score (nSPS) is 13.2. The van der Waals surface area contributed by atoms with Gasteiger partial charge in [0.2, 0.25) is 0 Å². The zero-order chi connectivity index (χ0) is 15.0. The van der Waals surface area contributed by atoms with E-state index in [0.717, 1.165) is 24.2 Å². The third kappa shape index (κ3) is 5.51. The van der Waals surface area contributed by atoms with E-state index in [-0.39, 0.29) is 11.5 Å². The Bertz CT molecular complexity index is 500. The van der Waals surface area contributed by atoms with Crippen molar-refractivity contribution in [2.45, 2.75) is 26.2 Å². The fourth-order valence-electron chi connectivity index (χ4n) is 2.22. The lowest BCUT2D eigenvalue weighted by Gasteiger charge is -2.16. The number of methoxy groups -OCH3 is 1. The van der Waals surface area contributed by atoms with Gasteiger partial charge in [0.25, 0.3) is 0 Å². The number of para-hydroxylation sites is 1. The maximum Gasteiger partial charge on any atom is 0.150 e. The summed E-state index contributed by atoms with van der Waals surface area (Å²) < 4.78 is 28.3. The second kappa shape index (κ2) is 8.27. The summed E-state index contributed by atoms with van der Waals surface area (Å²) in [6.07, 6.45) is 2.33. The summed E-state index contributed by atoms with van der Waals surface area (Å²) in [4.78, 5) is 0. The fourth-order valence-corrected chi connectivity index (χ4v) is 3.12. The molecule has 0 amide bonds. The number of sulfone groups is 1. The summed E-state index contributed by atoms with van der Waals surface area (Å²) in [5.41, 5.74) is 6.93. The molecule has 0 aliphatic rings. The number of benzene rings is 1. The van der Waals surface area contributed by atoms with Crippen LogP contribution in [0.4, 0.5) is 0 Å². The Labute approximate surface area is 122 Å². The highest BCUT2D eigenvalue weighted by Gasteiger charge is 2.13. The summed E-state index contributed by atoms with van der Waals surface area (Å²) in [6, 6.07) is 7.88. The van der Waals surface area contributed by atoms with Gasteiger partial charge >= 0.3 is 0 Å². The molecule has 0 radical (unpaired) electrons. The van der Waals surface area contributed by atoms with Gasteiger partial charge in [0.05, 0.1) is 12.9 Å². The number of ether oxygens (including phenoxy) is 1. The highest BCUT2D eigenvalue weighted by molar-refractivity contribution is 7.91. The van der Waals surface area contributed by atoms with Gasteiger partial charge in [-0.2, -0.15) is 0 Å². The lowest BCUT2D eigenvalue weighted by Crippen LogP contribution is -2.19. The first kappa shape index (κ1) is 17.0. The molecule has 4 nitrogen and oxygen atoms in total. The van der Waals surface area contributed by atoms with Crippen molar-refractivity contribution in [3.63, 3.8) is 0 Å². The number of rotatable bonds is 9. The van der Waals surface area contributed by atoms with Crippen LogP contribution in [0.1, 0.15) is 25.3 Å². The van der Waals surface area contributed by atoms with Gasteiger partial charge in [-0.25, -0.2) is 8.42 Å². The lowest BCUT2D eigenvalue weighted by molar-refractivity contribution is 0.401. The summed E-state index contributed by atoms with van der Waals surface area (Å²) in [5, 5.41) is 0. The Morgan fingerprint density at radius 2 is 2.00 bits per heavy atom. The third-order valence-corrected chi connectivity index (χ3v) is 5.33. The van der Waals surface area contributed by atoms with Gasteiger partial charge in [0, 0.05) is 5.75 Å². The van der Waals surface area contributed by atoms with Gasteiger partial charge in [0.15, 0.2) is 0 Å². The van der Waals surface area contributed by atoms with Gasteiger partial charge in [-0.1, -0.05) is 25.1 Å². The molecule has 0 aliphatic carbocycles. The average molecular weight is 299 g/mol. The lowest BCUT2D eigenvalue weighted by atomic mass is 9.94. The molecule has 0 fully saturated rings. The van der Waals surface area contributed by atoms with Crippen molar-refractivity contribution in [2.75, 3.05) is 25.2 Å². The Kier molecular flexibility index (Phi) is 7.02. The summed E-state index contributed by atoms with van der Waals surface area (Å²) in [6.45, 7) is 2.24.